The van der Waals surface area contributed by atoms with Crippen LogP contribution in [0.3, 0.4) is 0 Å². The molecule has 1 fully saturated rings. The van der Waals surface area contributed by atoms with Crippen LogP contribution in [0.4, 0.5) is 5.69 Å². The molecule has 1 aliphatic carbocycles. The number of non-ortho nitro benzene ring substituents is 1. The number of hydrogen-bond acceptors (Lipinski definition) is 4. The minimum Gasteiger partial charge on any atom is -0.459 e. The van der Waals surface area contributed by atoms with Crippen molar-refractivity contribution in [2.75, 3.05) is 0 Å². The number of rotatable bonds is 3. The standard InChI is InChI=1S/C13H15NO4/c1-9-3-2-4-12(9)18-13(15)10-5-7-11(8-6-10)14(16)17/h5-9,12H,2-4H2,1H3/t9-,12-/m0/s1. The van der Waals surface area contributed by atoms with Crippen LogP contribution in [0.2, 0.25) is 0 Å². The summed E-state index contributed by atoms with van der Waals surface area (Å²) in [6, 6.07) is 5.49. The number of nitro benzene ring substituents is 1. The van der Waals surface area contributed by atoms with Crippen molar-refractivity contribution in [1.82, 2.24) is 0 Å². The fourth-order valence-electron chi connectivity index (χ4n) is 2.21. The van der Waals surface area contributed by atoms with Gasteiger partial charge in [0, 0.05) is 12.1 Å². The summed E-state index contributed by atoms with van der Waals surface area (Å²) in [5, 5.41) is 10.5. The molecule has 2 rings (SSSR count). The van der Waals surface area contributed by atoms with E-state index in [0.717, 1.165) is 19.3 Å². The molecule has 1 saturated carbocycles. The van der Waals surface area contributed by atoms with E-state index in [2.05, 4.69) is 6.92 Å². The van der Waals surface area contributed by atoms with Gasteiger partial charge in [-0.1, -0.05) is 6.92 Å². The molecular formula is C13H15NO4. The first-order chi connectivity index (χ1) is 8.58. The van der Waals surface area contributed by atoms with Gasteiger partial charge in [0.05, 0.1) is 10.5 Å². The van der Waals surface area contributed by atoms with Gasteiger partial charge in [-0.05, 0) is 37.3 Å². The molecule has 5 nitrogen and oxygen atoms in total. The summed E-state index contributed by atoms with van der Waals surface area (Å²) < 4.78 is 5.40. The third-order valence-electron chi connectivity index (χ3n) is 3.36. The molecule has 0 aromatic heterocycles. The Bertz CT molecular complexity index is 455. The van der Waals surface area contributed by atoms with E-state index in [0.29, 0.717) is 11.5 Å². The van der Waals surface area contributed by atoms with E-state index in [-0.39, 0.29) is 11.8 Å². The molecule has 1 aromatic rings. The lowest BCUT2D eigenvalue weighted by Gasteiger charge is -2.16. The predicted octanol–water partition coefficient (Wildman–Crippen LogP) is 2.94. The Hall–Kier alpha value is -1.91. The number of carbonyl (C=O) groups excluding carboxylic acids is 1. The summed E-state index contributed by atoms with van der Waals surface area (Å²) in [5.41, 5.74) is 0.334. The molecule has 0 N–H and O–H groups in total. The van der Waals surface area contributed by atoms with Crippen LogP contribution in [0.15, 0.2) is 24.3 Å². The minimum atomic E-state index is -0.492. The van der Waals surface area contributed by atoms with Crippen LogP contribution in [-0.2, 0) is 4.74 Å². The number of nitrogens with zero attached hydrogens (tertiary/aromatic N) is 1. The molecule has 5 heteroatoms. The third-order valence-corrected chi connectivity index (χ3v) is 3.36. The van der Waals surface area contributed by atoms with Gasteiger partial charge in [-0.2, -0.15) is 0 Å². The van der Waals surface area contributed by atoms with Crippen molar-refractivity contribution in [3.8, 4) is 0 Å². The first-order valence-corrected chi connectivity index (χ1v) is 6.03. The zero-order valence-electron chi connectivity index (χ0n) is 10.2. The van der Waals surface area contributed by atoms with Gasteiger partial charge in [0.1, 0.15) is 6.10 Å². The maximum Gasteiger partial charge on any atom is 0.338 e. The van der Waals surface area contributed by atoms with E-state index in [9.17, 15) is 14.9 Å². The van der Waals surface area contributed by atoms with Crippen LogP contribution in [0.25, 0.3) is 0 Å². The van der Waals surface area contributed by atoms with Crippen LogP contribution in [0, 0.1) is 16.0 Å². The lowest BCUT2D eigenvalue weighted by molar-refractivity contribution is -0.384. The Labute approximate surface area is 105 Å². The lowest BCUT2D eigenvalue weighted by atomic mass is 10.1. The number of nitro groups is 1. The van der Waals surface area contributed by atoms with Crippen LogP contribution < -0.4 is 0 Å². The van der Waals surface area contributed by atoms with Crippen molar-refractivity contribution in [3.63, 3.8) is 0 Å². The van der Waals surface area contributed by atoms with Gasteiger partial charge in [0.25, 0.3) is 5.69 Å². The number of ether oxygens (including phenoxy) is 1. The van der Waals surface area contributed by atoms with E-state index >= 15 is 0 Å². The Morgan fingerprint density at radius 3 is 2.50 bits per heavy atom. The first kappa shape index (κ1) is 12.5. The van der Waals surface area contributed by atoms with E-state index in [1.54, 1.807) is 0 Å². The monoisotopic (exact) mass is 249 g/mol. The topological polar surface area (TPSA) is 69.4 Å². The molecule has 1 aromatic carbocycles. The highest BCUT2D eigenvalue weighted by Gasteiger charge is 2.27. The number of benzene rings is 1. The predicted molar refractivity (Wildman–Crippen MR) is 65.3 cm³/mol. The van der Waals surface area contributed by atoms with Crippen LogP contribution in [0.1, 0.15) is 36.5 Å². The van der Waals surface area contributed by atoms with Gasteiger partial charge in [-0.25, -0.2) is 4.79 Å². The third kappa shape index (κ3) is 2.67. The van der Waals surface area contributed by atoms with E-state index in [1.165, 1.54) is 24.3 Å². The average Bonchev–Trinajstić information content (AvgIpc) is 2.75. The summed E-state index contributed by atoms with van der Waals surface area (Å²) >= 11 is 0. The fourth-order valence-corrected chi connectivity index (χ4v) is 2.21. The molecule has 0 heterocycles. The number of hydrogen-bond donors (Lipinski definition) is 0. The number of carbonyl (C=O) groups is 1. The molecule has 1 aliphatic rings. The van der Waals surface area contributed by atoms with Gasteiger partial charge in [0.15, 0.2) is 0 Å². The van der Waals surface area contributed by atoms with Gasteiger partial charge in [-0.3, -0.25) is 10.1 Å². The summed E-state index contributed by atoms with van der Waals surface area (Å²) in [5.74, 6) is -0.00403. The van der Waals surface area contributed by atoms with Gasteiger partial charge >= 0.3 is 5.97 Å². The van der Waals surface area contributed by atoms with Crippen molar-refractivity contribution in [1.29, 1.82) is 0 Å². The van der Waals surface area contributed by atoms with Gasteiger partial charge in [-0.15, -0.1) is 0 Å². The normalized spacial score (nSPS) is 22.7. The van der Waals surface area contributed by atoms with Gasteiger partial charge in [0.2, 0.25) is 0 Å². The van der Waals surface area contributed by atoms with E-state index < -0.39 is 10.9 Å². The zero-order valence-corrected chi connectivity index (χ0v) is 10.2. The zero-order chi connectivity index (χ0) is 13.1. The number of esters is 1. The second-order valence-electron chi connectivity index (χ2n) is 4.66. The largest absolute Gasteiger partial charge is 0.459 e. The molecule has 96 valence electrons. The molecule has 0 saturated heterocycles. The molecule has 0 spiro atoms. The SMILES string of the molecule is C[C@H]1CCC[C@@H]1OC(=O)c1ccc([N+](=O)[O-])cc1. The maximum atomic E-state index is 11.8. The van der Waals surface area contributed by atoms with Crippen LogP contribution in [0.5, 0.6) is 0 Å². The highest BCUT2D eigenvalue weighted by Crippen LogP contribution is 2.28. The molecule has 0 bridgehead atoms. The van der Waals surface area contributed by atoms with Crippen molar-refractivity contribution in [3.05, 3.63) is 39.9 Å². The Balaban J connectivity index is 2.02. The average molecular weight is 249 g/mol. The lowest BCUT2D eigenvalue weighted by Crippen LogP contribution is -2.20. The van der Waals surface area contributed by atoms with Crippen LogP contribution >= 0.6 is 0 Å². The Morgan fingerprint density at radius 2 is 2.00 bits per heavy atom. The highest BCUT2D eigenvalue weighted by atomic mass is 16.6. The maximum absolute atomic E-state index is 11.8. The van der Waals surface area contributed by atoms with E-state index in [4.69, 9.17) is 4.74 Å². The molecule has 2 atom stereocenters. The molecule has 0 unspecified atom stereocenters. The smallest absolute Gasteiger partial charge is 0.338 e. The summed E-state index contributed by atoms with van der Waals surface area (Å²) in [4.78, 5) is 21.8. The molecule has 0 aliphatic heterocycles. The van der Waals surface area contributed by atoms with Gasteiger partial charge < -0.3 is 4.74 Å². The molecule has 18 heavy (non-hydrogen) atoms. The molecule has 0 amide bonds. The molecule has 0 radical (unpaired) electrons. The summed E-state index contributed by atoms with van der Waals surface area (Å²) in [6.07, 6.45) is 3.05. The Morgan fingerprint density at radius 1 is 1.33 bits per heavy atom. The highest BCUT2D eigenvalue weighted by molar-refractivity contribution is 5.89. The summed E-state index contributed by atoms with van der Waals surface area (Å²) in [7, 11) is 0. The first-order valence-electron chi connectivity index (χ1n) is 6.03. The van der Waals surface area contributed by atoms with Crippen LogP contribution in [-0.4, -0.2) is 17.0 Å². The minimum absolute atomic E-state index is 0.0207. The van der Waals surface area contributed by atoms with Crippen molar-refractivity contribution >= 4 is 11.7 Å². The second kappa shape index (κ2) is 5.16. The molecular weight excluding hydrogens is 234 g/mol. The van der Waals surface area contributed by atoms with Crippen molar-refractivity contribution in [2.24, 2.45) is 5.92 Å². The van der Waals surface area contributed by atoms with Crippen molar-refractivity contribution in [2.45, 2.75) is 32.3 Å². The fraction of sp³-hybridized carbons (Fsp3) is 0.462. The summed E-state index contributed by atoms with van der Waals surface area (Å²) in [6.45, 7) is 2.07. The van der Waals surface area contributed by atoms with E-state index in [1.807, 2.05) is 0 Å². The Kier molecular flexibility index (Phi) is 3.60. The second-order valence-corrected chi connectivity index (χ2v) is 4.66. The quantitative estimate of drug-likeness (QED) is 0.469. The van der Waals surface area contributed by atoms with Crippen molar-refractivity contribution < 1.29 is 14.5 Å².